The standard InChI is InChI=1S/C20H22N6O/c27-20-12-19(17-3-8-21-9-4-17)22-15-26(20)13-16-5-10-25(11-6-16)14-18-2-1-7-23-24-18/h1-4,7-9,12,15-16H,5-6,10-11,13-14H2. The molecule has 138 valence electrons. The van der Waals surface area contributed by atoms with Crippen LogP contribution >= 0.6 is 0 Å². The lowest BCUT2D eigenvalue weighted by atomic mass is 9.96. The fourth-order valence-corrected chi connectivity index (χ4v) is 3.50. The molecule has 0 aliphatic carbocycles. The maximum Gasteiger partial charge on any atom is 0.253 e. The molecule has 7 heteroatoms. The summed E-state index contributed by atoms with van der Waals surface area (Å²) in [4.78, 5) is 23.3. The van der Waals surface area contributed by atoms with Crippen molar-refractivity contribution < 1.29 is 0 Å². The quantitative estimate of drug-likeness (QED) is 0.691. The van der Waals surface area contributed by atoms with Crippen LogP contribution in [0.4, 0.5) is 0 Å². The molecule has 0 unspecified atom stereocenters. The Morgan fingerprint density at radius 3 is 2.59 bits per heavy atom. The van der Waals surface area contributed by atoms with Crippen LogP contribution in [0.5, 0.6) is 0 Å². The molecule has 3 aromatic rings. The smallest absolute Gasteiger partial charge is 0.253 e. The molecule has 1 aliphatic heterocycles. The molecule has 0 amide bonds. The number of piperidine rings is 1. The summed E-state index contributed by atoms with van der Waals surface area (Å²) in [5.41, 5.74) is 2.60. The Bertz CT molecular complexity index is 920. The third-order valence-electron chi connectivity index (χ3n) is 5.03. The van der Waals surface area contributed by atoms with Crippen molar-refractivity contribution in [2.75, 3.05) is 13.1 Å². The molecule has 0 spiro atoms. The third-order valence-corrected chi connectivity index (χ3v) is 5.03. The first-order valence-corrected chi connectivity index (χ1v) is 9.24. The Morgan fingerprint density at radius 2 is 1.89 bits per heavy atom. The number of nitrogens with zero attached hydrogens (tertiary/aromatic N) is 6. The van der Waals surface area contributed by atoms with Gasteiger partial charge < -0.3 is 0 Å². The summed E-state index contributed by atoms with van der Waals surface area (Å²) in [7, 11) is 0. The normalized spacial score (nSPS) is 15.7. The Morgan fingerprint density at radius 1 is 1.07 bits per heavy atom. The van der Waals surface area contributed by atoms with E-state index in [0.717, 1.165) is 50.3 Å². The average Bonchev–Trinajstić information content (AvgIpc) is 2.72. The van der Waals surface area contributed by atoms with Gasteiger partial charge in [0.1, 0.15) is 0 Å². The fourth-order valence-electron chi connectivity index (χ4n) is 3.50. The zero-order valence-electron chi connectivity index (χ0n) is 15.1. The lowest BCUT2D eigenvalue weighted by Crippen LogP contribution is -2.36. The van der Waals surface area contributed by atoms with Crippen LogP contribution in [0, 0.1) is 5.92 Å². The van der Waals surface area contributed by atoms with Gasteiger partial charge in [-0.3, -0.25) is 19.2 Å². The minimum Gasteiger partial charge on any atom is -0.299 e. The Labute approximate surface area is 157 Å². The van der Waals surface area contributed by atoms with Gasteiger partial charge in [0, 0.05) is 43.3 Å². The third kappa shape index (κ3) is 4.43. The van der Waals surface area contributed by atoms with E-state index in [2.05, 4.69) is 25.1 Å². The topological polar surface area (TPSA) is 76.8 Å². The highest BCUT2D eigenvalue weighted by Crippen LogP contribution is 2.20. The summed E-state index contributed by atoms with van der Waals surface area (Å²) in [5.74, 6) is 0.495. The second kappa shape index (κ2) is 8.18. The molecule has 4 heterocycles. The Kier molecular flexibility index (Phi) is 5.29. The van der Waals surface area contributed by atoms with Crippen LogP contribution < -0.4 is 5.56 Å². The van der Waals surface area contributed by atoms with Crippen molar-refractivity contribution in [1.82, 2.24) is 29.6 Å². The highest BCUT2D eigenvalue weighted by Gasteiger charge is 2.20. The molecular weight excluding hydrogens is 340 g/mol. The van der Waals surface area contributed by atoms with Crippen LogP contribution in [-0.2, 0) is 13.1 Å². The number of rotatable bonds is 5. The van der Waals surface area contributed by atoms with Crippen molar-refractivity contribution in [3.05, 3.63) is 71.3 Å². The largest absolute Gasteiger partial charge is 0.299 e. The summed E-state index contributed by atoms with van der Waals surface area (Å²) in [5, 5.41) is 8.09. The predicted octanol–water partition coefficient (Wildman–Crippen LogP) is 2.01. The van der Waals surface area contributed by atoms with Gasteiger partial charge >= 0.3 is 0 Å². The molecule has 27 heavy (non-hydrogen) atoms. The number of hydrogen-bond donors (Lipinski definition) is 0. The maximum absolute atomic E-state index is 12.5. The monoisotopic (exact) mass is 362 g/mol. The van der Waals surface area contributed by atoms with Gasteiger partial charge in [-0.1, -0.05) is 0 Å². The minimum absolute atomic E-state index is 0.00111. The van der Waals surface area contributed by atoms with Gasteiger partial charge in [0.05, 0.1) is 17.7 Å². The van der Waals surface area contributed by atoms with Crippen molar-refractivity contribution in [2.45, 2.75) is 25.9 Å². The van der Waals surface area contributed by atoms with Crippen molar-refractivity contribution in [1.29, 1.82) is 0 Å². The van der Waals surface area contributed by atoms with E-state index in [1.165, 1.54) is 0 Å². The van der Waals surface area contributed by atoms with Gasteiger partial charge in [-0.25, -0.2) is 4.98 Å². The molecule has 1 fully saturated rings. The van der Waals surface area contributed by atoms with E-state index < -0.39 is 0 Å². The predicted molar refractivity (Wildman–Crippen MR) is 102 cm³/mol. The van der Waals surface area contributed by atoms with Crippen molar-refractivity contribution in [3.8, 4) is 11.3 Å². The Hall–Kier alpha value is -2.93. The summed E-state index contributed by atoms with van der Waals surface area (Å²) < 4.78 is 1.73. The van der Waals surface area contributed by atoms with Gasteiger partial charge in [0.15, 0.2) is 0 Å². The zero-order valence-corrected chi connectivity index (χ0v) is 15.1. The van der Waals surface area contributed by atoms with Crippen molar-refractivity contribution in [2.24, 2.45) is 5.92 Å². The molecule has 0 N–H and O–H groups in total. The van der Waals surface area contributed by atoms with Crippen LogP contribution in [-0.4, -0.2) is 42.7 Å². The second-order valence-corrected chi connectivity index (χ2v) is 6.94. The lowest BCUT2D eigenvalue weighted by molar-refractivity contribution is 0.164. The van der Waals surface area contributed by atoms with E-state index in [1.807, 2.05) is 24.3 Å². The molecule has 0 bridgehead atoms. The highest BCUT2D eigenvalue weighted by atomic mass is 16.1. The van der Waals surface area contributed by atoms with E-state index in [-0.39, 0.29) is 5.56 Å². The van der Waals surface area contributed by atoms with Crippen LogP contribution in [0.1, 0.15) is 18.5 Å². The van der Waals surface area contributed by atoms with Crippen LogP contribution in [0.2, 0.25) is 0 Å². The Balaban J connectivity index is 1.34. The van der Waals surface area contributed by atoms with Gasteiger partial charge in [0.2, 0.25) is 0 Å². The van der Waals surface area contributed by atoms with Crippen LogP contribution in [0.15, 0.2) is 60.0 Å². The van der Waals surface area contributed by atoms with Crippen LogP contribution in [0.3, 0.4) is 0 Å². The molecule has 0 radical (unpaired) electrons. The maximum atomic E-state index is 12.5. The summed E-state index contributed by atoms with van der Waals surface area (Å²) in [6.07, 6.45) is 8.91. The summed E-state index contributed by atoms with van der Waals surface area (Å²) in [6, 6.07) is 9.26. The molecule has 1 aliphatic rings. The first-order valence-electron chi connectivity index (χ1n) is 9.24. The zero-order chi connectivity index (χ0) is 18.5. The molecule has 4 rings (SSSR count). The van der Waals surface area contributed by atoms with Gasteiger partial charge in [-0.15, -0.1) is 0 Å². The average molecular weight is 362 g/mol. The van der Waals surface area contributed by atoms with Crippen molar-refractivity contribution >= 4 is 0 Å². The molecule has 0 saturated carbocycles. The van der Waals surface area contributed by atoms with E-state index in [4.69, 9.17) is 0 Å². The van der Waals surface area contributed by atoms with Crippen LogP contribution in [0.25, 0.3) is 11.3 Å². The fraction of sp³-hybridized carbons (Fsp3) is 0.350. The summed E-state index contributed by atoms with van der Waals surface area (Å²) >= 11 is 0. The lowest BCUT2D eigenvalue weighted by Gasteiger charge is -2.31. The van der Waals surface area contributed by atoms with E-state index >= 15 is 0 Å². The minimum atomic E-state index is -0.00111. The molecule has 0 atom stereocenters. The highest BCUT2D eigenvalue weighted by molar-refractivity contribution is 5.57. The number of aromatic nitrogens is 5. The molecule has 3 aromatic heterocycles. The molecule has 7 nitrogen and oxygen atoms in total. The molecular formula is C20H22N6O. The summed E-state index contributed by atoms with van der Waals surface area (Å²) in [6.45, 7) is 3.58. The van der Waals surface area contributed by atoms with E-state index in [9.17, 15) is 4.79 Å². The first-order chi connectivity index (χ1) is 13.3. The number of pyridine rings is 1. The SMILES string of the molecule is O=c1cc(-c2ccncc2)ncn1CC1CCN(Cc2cccnn2)CC1. The molecule has 1 saturated heterocycles. The van der Waals surface area contributed by atoms with E-state index in [0.29, 0.717) is 11.6 Å². The number of likely N-dealkylation sites (tertiary alicyclic amines) is 1. The second-order valence-electron chi connectivity index (χ2n) is 6.94. The van der Waals surface area contributed by atoms with Crippen molar-refractivity contribution in [3.63, 3.8) is 0 Å². The van der Waals surface area contributed by atoms with Gasteiger partial charge in [-0.05, 0) is 56.1 Å². The molecule has 0 aromatic carbocycles. The first kappa shape index (κ1) is 17.5. The van der Waals surface area contributed by atoms with Gasteiger partial charge in [0.25, 0.3) is 5.56 Å². The van der Waals surface area contributed by atoms with E-state index in [1.54, 1.807) is 35.6 Å². The van der Waals surface area contributed by atoms with Gasteiger partial charge in [-0.2, -0.15) is 10.2 Å². The number of hydrogen-bond acceptors (Lipinski definition) is 6.